The van der Waals surface area contributed by atoms with Crippen molar-refractivity contribution in [2.24, 2.45) is 5.92 Å². The zero-order chi connectivity index (χ0) is 14.3. The Balaban J connectivity index is 2.49. The van der Waals surface area contributed by atoms with Crippen molar-refractivity contribution in [2.75, 3.05) is 32.6 Å². The quantitative estimate of drug-likeness (QED) is 0.730. The molecule has 0 aromatic heterocycles. The summed E-state index contributed by atoms with van der Waals surface area (Å²) in [6.45, 7) is 3.23. The molecule has 2 amide bonds. The highest BCUT2D eigenvalue weighted by Gasteiger charge is 2.05. The number of hydrogen-bond acceptors (Lipinski definition) is 3. The number of rotatable bonds is 6. The van der Waals surface area contributed by atoms with Crippen LogP contribution in [0, 0.1) is 5.92 Å². The third-order valence-electron chi connectivity index (χ3n) is 2.61. The van der Waals surface area contributed by atoms with Gasteiger partial charge in [-0.2, -0.15) is 0 Å². The Bertz CT molecular complexity index is 407. The highest BCUT2D eigenvalue weighted by atomic mass is 16.3. The summed E-state index contributed by atoms with van der Waals surface area (Å²) < 4.78 is 0. The van der Waals surface area contributed by atoms with E-state index in [1.54, 1.807) is 0 Å². The molecule has 1 atom stereocenters. The molecule has 5 nitrogen and oxygen atoms in total. The summed E-state index contributed by atoms with van der Waals surface area (Å²) in [5, 5.41) is 14.4. The minimum Gasteiger partial charge on any atom is -0.396 e. The van der Waals surface area contributed by atoms with Crippen molar-refractivity contribution in [2.45, 2.75) is 13.5 Å². The van der Waals surface area contributed by atoms with Crippen LogP contribution < -0.4 is 10.6 Å². The van der Waals surface area contributed by atoms with Crippen LogP contribution in [-0.4, -0.2) is 43.3 Å². The Morgan fingerprint density at radius 3 is 2.79 bits per heavy atom. The Morgan fingerprint density at radius 2 is 2.16 bits per heavy atom. The van der Waals surface area contributed by atoms with Gasteiger partial charge >= 0.3 is 6.03 Å². The largest absolute Gasteiger partial charge is 0.396 e. The highest BCUT2D eigenvalue weighted by Crippen LogP contribution is 2.11. The highest BCUT2D eigenvalue weighted by molar-refractivity contribution is 5.89. The number of benzene rings is 1. The molecule has 0 aliphatic rings. The number of urea groups is 1. The molecular formula is C14H23N3O2. The van der Waals surface area contributed by atoms with Gasteiger partial charge in [0.15, 0.2) is 0 Å². The molecule has 1 aromatic carbocycles. The molecule has 106 valence electrons. The van der Waals surface area contributed by atoms with Gasteiger partial charge in [-0.15, -0.1) is 0 Å². The van der Waals surface area contributed by atoms with Crippen molar-refractivity contribution in [3.63, 3.8) is 0 Å². The van der Waals surface area contributed by atoms with Crippen LogP contribution in [0.4, 0.5) is 10.5 Å². The van der Waals surface area contributed by atoms with Crippen molar-refractivity contribution in [1.82, 2.24) is 10.2 Å². The molecule has 1 rings (SSSR count). The molecule has 0 fully saturated rings. The summed E-state index contributed by atoms with van der Waals surface area (Å²) in [5.74, 6) is 0.0609. The average Bonchev–Trinajstić information content (AvgIpc) is 2.35. The van der Waals surface area contributed by atoms with Gasteiger partial charge in [-0.25, -0.2) is 4.79 Å². The summed E-state index contributed by atoms with van der Waals surface area (Å²) in [5.41, 5.74) is 1.92. The van der Waals surface area contributed by atoms with Crippen LogP contribution in [-0.2, 0) is 6.54 Å². The monoisotopic (exact) mass is 265 g/mol. The topological polar surface area (TPSA) is 64.6 Å². The van der Waals surface area contributed by atoms with E-state index in [1.165, 1.54) is 0 Å². The molecular weight excluding hydrogens is 242 g/mol. The first-order valence-corrected chi connectivity index (χ1v) is 6.40. The Hall–Kier alpha value is -1.59. The number of carbonyl (C=O) groups excluding carboxylic acids is 1. The van der Waals surface area contributed by atoms with E-state index in [4.69, 9.17) is 5.11 Å². The second-order valence-electron chi connectivity index (χ2n) is 5.06. The first-order valence-electron chi connectivity index (χ1n) is 6.40. The standard InChI is InChI=1S/C14H23N3O2/c1-11(10-18)8-15-14(19)16-13-6-4-5-12(7-13)9-17(2)3/h4-7,11,18H,8-10H2,1-3H3,(H2,15,16,19). The minimum atomic E-state index is -0.248. The van der Waals surface area contributed by atoms with E-state index in [1.807, 2.05) is 45.3 Å². The van der Waals surface area contributed by atoms with Crippen LogP contribution in [0.25, 0.3) is 0 Å². The Kier molecular flexibility index (Phi) is 6.32. The van der Waals surface area contributed by atoms with E-state index in [0.29, 0.717) is 6.54 Å². The van der Waals surface area contributed by atoms with Crippen LogP contribution in [0.1, 0.15) is 12.5 Å². The number of anilines is 1. The van der Waals surface area contributed by atoms with Gasteiger partial charge in [0.25, 0.3) is 0 Å². The maximum absolute atomic E-state index is 11.7. The van der Waals surface area contributed by atoms with Crippen LogP contribution in [0.2, 0.25) is 0 Å². The van der Waals surface area contributed by atoms with Gasteiger partial charge in [-0.1, -0.05) is 19.1 Å². The summed E-state index contributed by atoms with van der Waals surface area (Å²) in [6.07, 6.45) is 0. The maximum atomic E-state index is 11.7. The number of aliphatic hydroxyl groups is 1. The van der Waals surface area contributed by atoms with E-state index >= 15 is 0 Å². The molecule has 0 aliphatic carbocycles. The van der Waals surface area contributed by atoms with Crippen LogP contribution in [0.5, 0.6) is 0 Å². The second-order valence-corrected chi connectivity index (χ2v) is 5.06. The van der Waals surface area contributed by atoms with E-state index in [2.05, 4.69) is 15.5 Å². The molecule has 0 aliphatic heterocycles. The molecule has 0 spiro atoms. The van der Waals surface area contributed by atoms with Gasteiger partial charge in [0.1, 0.15) is 0 Å². The lowest BCUT2D eigenvalue weighted by Gasteiger charge is -2.13. The molecule has 0 bridgehead atoms. The minimum absolute atomic E-state index is 0.0609. The first kappa shape index (κ1) is 15.5. The fourth-order valence-corrected chi connectivity index (χ4v) is 1.62. The number of aliphatic hydroxyl groups excluding tert-OH is 1. The predicted octanol–water partition coefficient (Wildman–Crippen LogP) is 1.50. The molecule has 1 unspecified atom stereocenters. The van der Waals surface area contributed by atoms with Crippen LogP contribution in [0.15, 0.2) is 24.3 Å². The Labute approximate surface area is 114 Å². The van der Waals surface area contributed by atoms with E-state index in [0.717, 1.165) is 17.8 Å². The molecule has 5 heteroatoms. The number of hydrogen-bond donors (Lipinski definition) is 3. The van der Waals surface area contributed by atoms with Gasteiger partial charge in [0.2, 0.25) is 0 Å². The van der Waals surface area contributed by atoms with Gasteiger partial charge in [0, 0.05) is 25.4 Å². The van der Waals surface area contributed by atoms with Crippen LogP contribution >= 0.6 is 0 Å². The lowest BCUT2D eigenvalue weighted by atomic mass is 10.2. The number of carbonyl (C=O) groups is 1. The zero-order valence-electron chi connectivity index (χ0n) is 11.8. The summed E-state index contributed by atoms with van der Waals surface area (Å²) in [4.78, 5) is 13.7. The molecule has 0 radical (unpaired) electrons. The molecule has 3 N–H and O–H groups in total. The number of nitrogens with one attached hydrogen (secondary N) is 2. The second kappa shape index (κ2) is 7.76. The lowest BCUT2D eigenvalue weighted by molar-refractivity contribution is 0.227. The third-order valence-corrected chi connectivity index (χ3v) is 2.61. The van der Waals surface area contributed by atoms with E-state index in [-0.39, 0.29) is 18.6 Å². The van der Waals surface area contributed by atoms with Crippen molar-refractivity contribution >= 4 is 11.7 Å². The third kappa shape index (κ3) is 6.22. The first-order chi connectivity index (χ1) is 9.01. The SMILES string of the molecule is CC(CO)CNC(=O)Nc1cccc(CN(C)C)c1. The number of amides is 2. The molecule has 0 heterocycles. The fourth-order valence-electron chi connectivity index (χ4n) is 1.62. The fraction of sp³-hybridized carbons (Fsp3) is 0.500. The van der Waals surface area contributed by atoms with Crippen molar-refractivity contribution in [1.29, 1.82) is 0 Å². The maximum Gasteiger partial charge on any atom is 0.319 e. The van der Waals surface area contributed by atoms with Crippen LogP contribution in [0.3, 0.4) is 0 Å². The molecule has 1 aromatic rings. The zero-order valence-corrected chi connectivity index (χ0v) is 11.8. The van der Waals surface area contributed by atoms with Crippen molar-refractivity contribution in [3.8, 4) is 0 Å². The summed E-state index contributed by atoms with van der Waals surface area (Å²) >= 11 is 0. The van der Waals surface area contributed by atoms with E-state index < -0.39 is 0 Å². The van der Waals surface area contributed by atoms with Crippen molar-refractivity contribution < 1.29 is 9.90 Å². The smallest absolute Gasteiger partial charge is 0.319 e. The normalized spacial score (nSPS) is 12.3. The molecule has 0 saturated heterocycles. The van der Waals surface area contributed by atoms with Gasteiger partial charge in [-0.3, -0.25) is 0 Å². The molecule has 0 saturated carbocycles. The average molecular weight is 265 g/mol. The number of nitrogens with zero attached hydrogens (tertiary/aromatic N) is 1. The lowest BCUT2D eigenvalue weighted by Crippen LogP contribution is -2.33. The summed E-state index contributed by atoms with van der Waals surface area (Å²) in [7, 11) is 4.01. The van der Waals surface area contributed by atoms with Crippen molar-refractivity contribution in [3.05, 3.63) is 29.8 Å². The van der Waals surface area contributed by atoms with Gasteiger partial charge < -0.3 is 20.6 Å². The summed E-state index contributed by atoms with van der Waals surface area (Å²) in [6, 6.07) is 7.51. The van der Waals surface area contributed by atoms with Gasteiger partial charge in [-0.05, 0) is 37.7 Å². The Morgan fingerprint density at radius 1 is 1.42 bits per heavy atom. The van der Waals surface area contributed by atoms with E-state index in [9.17, 15) is 4.79 Å². The van der Waals surface area contributed by atoms with Gasteiger partial charge in [0.05, 0.1) is 0 Å². The molecule has 19 heavy (non-hydrogen) atoms. The predicted molar refractivity (Wildman–Crippen MR) is 77.1 cm³/mol.